The van der Waals surface area contributed by atoms with Crippen LogP contribution < -0.4 is 10.5 Å². The van der Waals surface area contributed by atoms with Crippen molar-refractivity contribution in [2.75, 3.05) is 18.0 Å². The van der Waals surface area contributed by atoms with Crippen LogP contribution in [0.3, 0.4) is 0 Å². The smallest absolute Gasteiger partial charge is 0.272 e. The molecule has 14 heteroatoms. The summed E-state index contributed by atoms with van der Waals surface area (Å²) in [6.07, 6.45) is 4.78. The molecule has 1 N–H and O–H groups in total. The number of phenolic OH excluding ortho intramolecular Hbond substituents is 1. The molecule has 0 saturated carbocycles. The maximum atomic E-state index is 15.7. The minimum absolute atomic E-state index is 0.0785. The third kappa shape index (κ3) is 5.67. The molecule has 0 unspecified atom stereocenters. The van der Waals surface area contributed by atoms with E-state index in [1.54, 1.807) is 11.1 Å². The molecule has 246 valence electrons. The van der Waals surface area contributed by atoms with Gasteiger partial charge in [0.15, 0.2) is 11.6 Å². The molecule has 47 heavy (non-hydrogen) atoms. The van der Waals surface area contributed by atoms with Gasteiger partial charge in [0.2, 0.25) is 5.91 Å². The number of piperazine rings is 1. The Kier molecular flexibility index (Phi) is 9.69. The summed E-state index contributed by atoms with van der Waals surface area (Å²) in [6.45, 7) is 13.7. The molecule has 0 radical (unpaired) electrons. The van der Waals surface area contributed by atoms with Crippen molar-refractivity contribution in [3.63, 3.8) is 0 Å². The van der Waals surface area contributed by atoms with Gasteiger partial charge < -0.3 is 14.9 Å². The summed E-state index contributed by atoms with van der Waals surface area (Å²) < 4.78 is 17.1. The number of hydrogen-bond acceptors (Lipinski definition) is 7. The average molecular weight is 720 g/mol. The van der Waals surface area contributed by atoms with E-state index in [1.807, 2.05) is 45.6 Å². The third-order valence-electron chi connectivity index (χ3n) is 8.65. The summed E-state index contributed by atoms with van der Waals surface area (Å²) in [5.74, 6) is -2.32. The van der Waals surface area contributed by atoms with Gasteiger partial charge >= 0.3 is 0 Å². The molecular formula is C33H31Cl4FN6O3. The van der Waals surface area contributed by atoms with E-state index in [9.17, 15) is 20.0 Å². The van der Waals surface area contributed by atoms with Gasteiger partial charge in [-0.2, -0.15) is 5.26 Å². The van der Waals surface area contributed by atoms with E-state index in [1.165, 1.54) is 16.7 Å². The first-order chi connectivity index (χ1) is 22.2. The second-order valence-corrected chi connectivity index (χ2v) is 13.6. The third-order valence-corrected chi connectivity index (χ3v) is 10.1. The van der Waals surface area contributed by atoms with Crippen LogP contribution in [-0.2, 0) is 4.79 Å². The summed E-state index contributed by atoms with van der Waals surface area (Å²) in [4.78, 5) is 40.2. The lowest BCUT2D eigenvalue weighted by Crippen LogP contribution is -2.58. The van der Waals surface area contributed by atoms with E-state index < -0.39 is 43.8 Å². The Labute approximate surface area is 291 Å². The molecule has 2 aromatic heterocycles. The van der Waals surface area contributed by atoms with E-state index in [-0.39, 0.29) is 70.5 Å². The van der Waals surface area contributed by atoms with Crippen LogP contribution in [0.1, 0.15) is 46.2 Å². The zero-order chi connectivity index (χ0) is 34.6. The Morgan fingerprint density at radius 1 is 1.15 bits per heavy atom. The van der Waals surface area contributed by atoms with Gasteiger partial charge in [0.1, 0.15) is 22.3 Å². The molecule has 1 saturated heterocycles. The number of nitrogens with zero attached hydrogens (tertiary/aromatic N) is 6. The number of benzene rings is 1. The van der Waals surface area contributed by atoms with Crippen molar-refractivity contribution in [1.82, 2.24) is 14.5 Å². The highest BCUT2D eigenvalue weighted by Crippen LogP contribution is 2.48. The van der Waals surface area contributed by atoms with Crippen LogP contribution >= 0.6 is 46.4 Å². The topological polar surface area (TPSA) is 115 Å². The van der Waals surface area contributed by atoms with Crippen molar-refractivity contribution in [1.29, 1.82) is 5.26 Å². The van der Waals surface area contributed by atoms with Crippen LogP contribution in [0.5, 0.6) is 5.75 Å². The Balaban J connectivity index is 1.91. The number of pyridine rings is 2. The number of anilines is 1. The van der Waals surface area contributed by atoms with E-state index in [2.05, 4.69) is 17.6 Å². The first-order valence-corrected chi connectivity index (χ1v) is 16.3. The number of amides is 1. The number of carbonyl (C=O) groups excluding carboxylic acids is 1. The number of phenols is 1. The molecule has 3 aromatic rings. The van der Waals surface area contributed by atoms with Gasteiger partial charge in [-0.1, -0.05) is 79.8 Å². The van der Waals surface area contributed by atoms with Crippen molar-refractivity contribution in [2.24, 2.45) is 16.8 Å². The van der Waals surface area contributed by atoms with E-state index in [0.717, 1.165) is 0 Å². The monoisotopic (exact) mass is 718 g/mol. The zero-order valence-corrected chi connectivity index (χ0v) is 29.2. The van der Waals surface area contributed by atoms with Crippen LogP contribution in [0, 0.1) is 29.0 Å². The number of aromatic hydroxyl groups is 1. The summed E-state index contributed by atoms with van der Waals surface area (Å²) in [5.41, 5.74) is -0.368. The summed E-state index contributed by atoms with van der Waals surface area (Å²) in [6, 6.07) is 2.32. The van der Waals surface area contributed by atoms with Gasteiger partial charge in [-0.3, -0.25) is 19.1 Å². The summed E-state index contributed by atoms with van der Waals surface area (Å²) >= 11 is 25.4. The molecule has 4 heterocycles. The zero-order valence-electron chi connectivity index (χ0n) is 26.2. The highest BCUT2D eigenvalue weighted by molar-refractivity contribution is 6.46. The van der Waals surface area contributed by atoms with Crippen LogP contribution in [0.25, 0.3) is 22.3 Å². The Morgan fingerprint density at radius 3 is 2.36 bits per heavy atom. The number of halogens is 5. The summed E-state index contributed by atoms with van der Waals surface area (Å²) in [7, 11) is 0. The van der Waals surface area contributed by atoms with Crippen molar-refractivity contribution in [3.05, 3.63) is 72.8 Å². The lowest BCUT2D eigenvalue weighted by atomic mass is 9.88. The molecule has 5 rings (SSSR count). The minimum Gasteiger partial charge on any atom is -0.505 e. The van der Waals surface area contributed by atoms with Gasteiger partial charge in [0.05, 0.1) is 38.1 Å². The van der Waals surface area contributed by atoms with Crippen molar-refractivity contribution < 1.29 is 14.3 Å². The first kappa shape index (κ1) is 34.7. The number of fused-ring (bicyclic) bond motifs is 1. The number of allylic oxidation sites excluding steroid dienone is 1. The Bertz CT molecular complexity index is 1960. The number of carbonyl (C=O) groups is 1. The average Bonchev–Trinajstić information content (AvgIpc) is 3.02. The van der Waals surface area contributed by atoms with E-state index in [0.29, 0.717) is 11.1 Å². The molecule has 0 aliphatic carbocycles. The van der Waals surface area contributed by atoms with Crippen LogP contribution in [0.15, 0.2) is 40.8 Å². The fourth-order valence-corrected chi connectivity index (χ4v) is 7.52. The van der Waals surface area contributed by atoms with Gasteiger partial charge in [-0.05, 0) is 31.9 Å². The molecule has 9 nitrogen and oxygen atoms in total. The highest BCUT2D eigenvalue weighted by Gasteiger charge is 2.37. The number of aliphatic imine (C=N–C) groups is 1. The fourth-order valence-electron chi connectivity index (χ4n) is 6.60. The SMILES string of the molecule is C=CC(=O)N1[C@H](C)CN(c2c(C#N)c(=O)n([C@H]3C(C(C)C)=NC=C[C@H]3C)c3nc(-c4c(F)c(Cl)c(Cl)c(O)c4Cl)c(Cl)cc23)C[C@@H]1C. The number of aromatic nitrogens is 2. The molecule has 1 fully saturated rings. The normalized spacial score (nSPS) is 21.3. The lowest BCUT2D eigenvalue weighted by molar-refractivity contribution is -0.130. The standard InChI is InChI=1S/C33H31Cl4FN6O3/c1-7-21(45)43-16(5)12-42(13-17(43)6)30-18-10-20(34)28(22-23(35)31(46)25(37)24(36)26(22)38)41-32(18)44(33(47)19(30)11-39)29-15(4)8-9-40-27(29)14(2)3/h7-10,14-17,29,46H,1,12-13H2,2-6H3/t15-,16-,17+,29-/m1/s1. The van der Waals surface area contributed by atoms with Crippen LogP contribution in [0.4, 0.5) is 10.1 Å². The fraction of sp³-hybridized carbons (Fsp3) is 0.364. The first-order valence-electron chi connectivity index (χ1n) is 14.8. The predicted octanol–water partition coefficient (Wildman–Crippen LogP) is 7.81. The minimum atomic E-state index is -1.07. The summed E-state index contributed by atoms with van der Waals surface area (Å²) in [5, 5.41) is 19.8. The molecular weight excluding hydrogens is 689 g/mol. The molecule has 2 aliphatic heterocycles. The van der Waals surface area contributed by atoms with Crippen molar-refractivity contribution in [2.45, 2.75) is 52.7 Å². The maximum absolute atomic E-state index is 15.7. The molecule has 4 atom stereocenters. The van der Waals surface area contributed by atoms with Crippen molar-refractivity contribution in [3.8, 4) is 23.1 Å². The maximum Gasteiger partial charge on any atom is 0.272 e. The Morgan fingerprint density at radius 2 is 1.79 bits per heavy atom. The van der Waals surface area contributed by atoms with E-state index in [4.69, 9.17) is 51.4 Å². The molecule has 0 spiro atoms. The van der Waals surface area contributed by atoms with Gasteiger partial charge in [-0.15, -0.1) is 0 Å². The van der Waals surface area contributed by atoms with Crippen molar-refractivity contribution >= 4 is 74.7 Å². The van der Waals surface area contributed by atoms with Crippen LogP contribution in [0.2, 0.25) is 20.1 Å². The van der Waals surface area contributed by atoms with Gasteiger partial charge in [0, 0.05) is 48.4 Å². The molecule has 1 aromatic carbocycles. The lowest BCUT2D eigenvalue weighted by Gasteiger charge is -2.45. The quantitative estimate of drug-likeness (QED) is 0.164. The molecule has 2 aliphatic rings. The van der Waals surface area contributed by atoms with Gasteiger partial charge in [-0.25, -0.2) is 9.37 Å². The second-order valence-electron chi connectivity index (χ2n) is 12.1. The Hall–Kier alpha value is -3.62. The number of nitriles is 1. The van der Waals surface area contributed by atoms with E-state index >= 15 is 4.39 Å². The molecule has 1 amide bonds. The van der Waals surface area contributed by atoms with Crippen LogP contribution in [-0.4, -0.2) is 56.3 Å². The van der Waals surface area contributed by atoms with Gasteiger partial charge in [0.25, 0.3) is 5.56 Å². The molecule has 0 bridgehead atoms. The predicted molar refractivity (Wildman–Crippen MR) is 186 cm³/mol. The number of hydrogen-bond donors (Lipinski definition) is 1. The number of rotatable bonds is 5. The highest BCUT2D eigenvalue weighted by atomic mass is 35.5. The largest absolute Gasteiger partial charge is 0.505 e. The second kappa shape index (κ2) is 13.1.